The molecule has 0 N–H and O–H groups in total. The van der Waals surface area contributed by atoms with Crippen molar-refractivity contribution in [3.63, 3.8) is 0 Å². The molecular formula is C10H16OS. The molecule has 2 heteroatoms. The highest BCUT2D eigenvalue weighted by molar-refractivity contribution is 7.89. The highest BCUT2D eigenvalue weighted by atomic mass is 32.2. The van der Waals surface area contributed by atoms with Gasteiger partial charge in [-0.05, 0) is 25.0 Å². The van der Waals surface area contributed by atoms with E-state index in [4.69, 9.17) is 0 Å². The molecule has 0 amide bonds. The Labute approximate surface area is 78.0 Å². The third-order valence-corrected chi connectivity index (χ3v) is 1.43. The first-order chi connectivity index (χ1) is 5.54. The van der Waals surface area contributed by atoms with Gasteiger partial charge in [0.15, 0.2) is 0 Å². The van der Waals surface area contributed by atoms with Gasteiger partial charge >= 0.3 is 0 Å². The van der Waals surface area contributed by atoms with Crippen molar-refractivity contribution >= 4 is 11.2 Å². The van der Waals surface area contributed by atoms with Crippen molar-refractivity contribution in [1.82, 2.24) is 0 Å². The van der Waals surface area contributed by atoms with Gasteiger partial charge < -0.3 is 4.55 Å². The predicted octanol–water partition coefficient (Wildman–Crippen LogP) is 2.30. The van der Waals surface area contributed by atoms with Gasteiger partial charge in [0.2, 0.25) is 0 Å². The van der Waals surface area contributed by atoms with Gasteiger partial charge in [0.1, 0.15) is 0 Å². The van der Waals surface area contributed by atoms with Crippen molar-refractivity contribution in [1.29, 1.82) is 0 Å². The largest absolute Gasteiger partial charge is 0.617 e. The lowest BCUT2D eigenvalue weighted by molar-refractivity contribution is 0.606. The van der Waals surface area contributed by atoms with E-state index in [1.807, 2.05) is 0 Å². The molecule has 1 rings (SSSR count). The van der Waals surface area contributed by atoms with Crippen LogP contribution < -0.4 is 0 Å². The minimum Gasteiger partial charge on any atom is -0.617 e. The van der Waals surface area contributed by atoms with Crippen LogP contribution in [0.3, 0.4) is 0 Å². The third kappa shape index (κ3) is 6.25. The lowest BCUT2D eigenvalue weighted by Crippen LogP contribution is -1.86. The van der Waals surface area contributed by atoms with E-state index in [-0.39, 0.29) is 0 Å². The molecule has 0 heterocycles. The second kappa shape index (κ2) is 6.09. The van der Waals surface area contributed by atoms with E-state index in [1.54, 1.807) is 12.5 Å². The number of hydrogen-bond acceptors (Lipinski definition) is 1. The Bertz CT molecular complexity index is 197. The maximum Gasteiger partial charge on any atom is 0.0946 e. The summed E-state index contributed by atoms with van der Waals surface area (Å²) in [6, 6.07) is 8.36. The van der Waals surface area contributed by atoms with Crippen LogP contribution in [-0.2, 0) is 11.2 Å². The second-order valence-corrected chi connectivity index (χ2v) is 4.31. The van der Waals surface area contributed by atoms with Crippen LogP contribution in [-0.4, -0.2) is 17.1 Å². The molecule has 0 unspecified atom stereocenters. The maximum absolute atomic E-state index is 9.56. The lowest BCUT2D eigenvalue weighted by Gasteiger charge is -1.93. The minimum absolute atomic E-state index is 0.611. The third-order valence-electron chi connectivity index (χ3n) is 1.43. The fourth-order valence-electron chi connectivity index (χ4n) is 0.663. The molecule has 0 saturated heterocycles. The van der Waals surface area contributed by atoms with Gasteiger partial charge in [0.25, 0.3) is 0 Å². The molecule has 0 aliphatic heterocycles. The van der Waals surface area contributed by atoms with E-state index in [1.165, 1.54) is 11.1 Å². The smallest absolute Gasteiger partial charge is 0.0946 e. The summed E-state index contributed by atoms with van der Waals surface area (Å²) in [6.07, 6.45) is 3.28. The van der Waals surface area contributed by atoms with Crippen LogP contribution in [0.15, 0.2) is 24.3 Å². The van der Waals surface area contributed by atoms with E-state index < -0.39 is 11.2 Å². The van der Waals surface area contributed by atoms with Crippen LogP contribution >= 0.6 is 0 Å². The van der Waals surface area contributed by atoms with Crippen LogP contribution in [0.2, 0.25) is 0 Å². The van der Waals surface area contributed by atoms with Gasteiger partial charge in [0, 0.05) is 0 Å². The zero-order valence-electron chi connectivity index (χ0n) is 8.13. The number of rotatable bonds is 0. The highest BCUT2D eigenvalue weighted by Gasteiger charge is 1.83. The van der Waals surface area contributed by atoms with Gasteiger partial charge in [-0.3, -0.25) is 0 Å². The highest BCUT2D eigenvalue weighted by Crippen LogP contribution is 2.02. The second-order valence-electron chi connectivity index (χ2n) is 2.83. The molecule has 0 fully saturated rings. The molecule has 1 aromatic carbocycles. The van der Waals surface area contributed by atoms with Crippen molar-refractivity contribution in [2.75, 3.05) is 12.5 Å². The lowest BCUT2D eigenvalue weighted by atomic mass is 10.1. The van der Waals surface area contributed by atoms with Crippen LogP contribution in [0.4, 0.5) is 0 Å². The van der Waals surface area contributed by atoms with Gasteiger partial charge in [-0.15, -0.1) is 0 Å². The summed E-state index contributed by atoms with van der Waals surface area (Å²) < 4.78 is 9.56. The van der Waals surface area contributed by atoms with Gasteiger partial charge in [-0.2, -0.15) is 0 Å². The molecule has 68 valence electrons. The fourth-order valence-corrected chi connectivity index (χ4v) is 0.663. The van der Waals surface area contributed by atoms with Crippen molar-refractivity contribution < 1.29 is 4.55 Å². The fraction of sp³-hybridized carbons (Fsp3) is 0.400. The first-order valence-corrected chi connectivity index (χ1v) is 5.78. The molecular weight excluding hydrogens is 168 g/mol. The summed E-state index contributed by atoms with van der Waals surface area (Å²) in [4.78, 5) is 0. The SMILES string of the molecule is C[S+](C)[O-].Cc1ccccc1C. The molecule has 0 spiro atoms. The Kier molecular flexibility index (Phi) is 5.85. The van der Waals surface area contributed by atoms with E-state index in [2.05, 4.69) is 38.1 Å². The summed E-state index contributed by atoms with van der Waals surface area (Å²) in [5.74, 6) is 0. The van der Waals surface area contributed by atoms with Crippen LogP contribution in [0.25, 0.3) is 0 Å². The number of aryl methyl sites for hydroxylation is 2. The van der Waals surface area contributed by atoms with Crippen molar-refractivity contribution in [3.8, 4) is 0 Å². The quantitative estimate of drug-likeness (QED) is 0.567. The number of benzene rings is 1. The normalized spacial score (nSPS) is 9.17. The van der Waals surface area contributed by atoms with Crippen LogP contribution in [0, 0.1) is 13.8 Å². The topological polar surface area (TPSA) is 23.1 Å². The summed E-state index contributed by atoms with van der Waals surface area (Å²) in [7, 11) is 0. The molecule has 1 nitrogen and oxygen atoms in total. The molecule has 12 heavy (non-hydrogen) atoms. The summed E-state index contributed by atoms with van der Waals surface area (Å²) in [5, 5.41) is 0. The van der Waals surface area contributed by atoms with E-state index in [0.717, 1.165) is 0 Å². The average Bonchev–Trinajstić information content (AvgIpc) is 1.94. The number of hydrogen-bond donors (Lipinski definition) is 0. The molecule has 0 saturated carbocycles. The minimum atomic E-state index is -0.611. The molecule has 0 aliphatic carbocycles. The van der Waals surface area contributed by atoms with Crippen LogP contribution in [0.1, 0.15) is 11.1 Å². The first-order valence-electron chi connectivity index (χ1n) is 3.81. The average molecular weight is 184 g/mol. The van der Waals surface area contributed by atoms with E-state index >= 15 is 0 Å². The summed E-state index contributed by atoms with van der Waals surface area (Å²) in [6.45, 7) is 4.24. The Morgan fingerprint density at radius 2 is 1.25 bits per heavy atom. The molecule has 0 radical (unpaired) electrons. The Morgan fingerprint density at radius 1 is 1.00 bits per heavy atom. The van der Waals surface area contributed by atoms with Crippen molar-refractivity contribution in [3.05, 3.63) is 35.4 Å². The van der Waals surface area contributed by atoms with E-state index in [0.29, 0.717) is 0 Å². The van der Waals surface area contributed by atoms with Crippen LogP contribution in [0.5, 0.6) is 0 Å². The Balaban J connectivity index is 0.000000261. The van der Waals surface area contributed by atoms with Crippen molar-refractivity contribution in [2.45, 2.75) is 13.8 Å². The molecule has 0 bridgehead atoms. The summed E-state index contributed by atoms with van der Waals surface area (Å²) >= 11 is -0.611. The van der Waals surface area contributed by atoms with Gasteiger partial charge in [-0.1, -0.05) is 35.4 Å². The first kappa shape index (κ1) is 11.5. The molecule has 0 atom stereocenters. The van der Waals surface area contributed by atoms with Gasteiger partial charge in [-0.25, -0.2) is 0 Å². The maximum atomic E-state index is 9.56. The van der Waals surface area contributed by atoms with Crippen molar-refractivity contribution in [2.24, 2.45) is 0 Å². The van der Waals surface area contributed by atoms with Gasteiger partial charge in [0.05, 0.1) is 12.5 Å². The monoisotopic (exact) mass is 184 g/mol. The standard InChI is InChI=1S/C8H10.C2H6OS/c1-7-5-3-4-6-8(7)2;1-4(2)3/h3-6H,1-2H3;1-2H3. The zero-order chi connectivity index (χ0) is 9.56. The van der Waals surface area contributed by atoms with E-state index in [9.17, 15) is 4.55 Å². The molecule has 0 aliphatic rings. The zero-order valence-corrected chi connectivity index (χ0v) is 8.94. The predicted molar refractivity (Wildman–Crippen MR) is 55.9 cm³/mol. The molecule has 0 aromatic heterocycles. The molecule has 1 aromatic rings. The Morgan fingerprint density at radius 3 is 1.42 bits per heavy atom. The summed E-state index contributed by atoms with van der Waals surface area (Å²) in [5.41, 5.74) is 2.74. The Hall–Kier alpha value is -0.470.